The molecule has 706 valence electrons. The number of nitrogens with zero attached hydrogens (tertiary/aromatic N) is 11. The van der Waals surface area contributed by atoms with E-state index in [1.165, 1.54) is 37.6 Å². The second-order valence-corrected chi connectivity index (χ2v) is 34.5. The smallest absolute Gasteiger partial charge is 0.512 e. The van der Waals surface area contributed by atoms with Gasteiger partial charge in [0.2, 0.25) is 11.4 Å². The minimum atomic E-state index is -0.852. The molecule has 5 heterocycles. The van der Waals surface area contributed by atoms with Crippen molar-refractivity contribution in [1.82, 2.24) is 40.0 Å². The SMILES string of the molecule is C.C.CC(C)=NO.CC1CCCN(C(=O)OC(C)(C)C)C1.Cc1c(F)c(Br)cc(C(=O)c2ccc(Oc3ccccc3)cc2)c1F.Fc1cc2[nH]nc(-c3ccc(Oc4ccccc4)cc3)c2cc1Br.[C-]#N.[C-]#N.[C-]#[N+]c1cc2c(-c3ccc(Oc4ccccc4)cc3)n[nH]c2cc1F.[C-]#[N+]c1cc2c(-c3ccc(Oc4ccccc4)cc3)nn(C3CCCN(C(=O)OC(C)(C)C)C3)c2cc1F.[Zn+2]. The van der Waals surface area contributed by atoms with Gasteiger partial charge in [-0.1, -0.05) is 99.7 Å². The first-order valence-corrected chi connectivity index (χ1v) is 43.9. The Labute approximate surface area is 829 Å². The number of hydrogen-bond acceptors (Lipinski definition) is 16. The zero-order chi connectivity index (χ0) is 97.6. The topological polar surface area (TPSA) is 277 Å². The fourth-order valence-corrected chi connectivity index (χ4v) is 14.8. The van der Waals surface area contributed by atoms with Crippen molar-refractivity contribution in [1.29, 1.82) is 10.5 Å². The maximum atomic E-state index is 14.8. The summed E-state index contributed by atoms with van der Waals surface area (Å²) in [5, 5.41) is 44.4. The normalized spacial score (nSPS) is 12.7. The summed E-state index contributed by atoms with van der Waals surface area (Å²) in [5.74, 6) is 2.72. The molecule has 2 aliphatic rings. The number of aromatic amines is 2. The standard InChI is InChI=1S/C30H29FN4O3.C20H13BrF2O2.C20H12FN3O.C19H12BrFN2O.C11H21NO2.C3H7NO.2CN.2CH4.Zn/c1-30(2,3)38-29(36)34-16-8-9-21(19-34)35-27-18-25(31)26(32-4)17-24(27)28(33-35)20-12-14-23(15-13-20)37-22-10-6-5-7-11-22;1-12-18(22)16(11-17(21)19(12)23)20(24)13-7-9-15(10-8-13)25-14-5-3-2-4-6-14;1-22-19-11-16-18(12-17(19)21)23-24-20(16)13-7-9-15(10-8-13)25-14-5-3-2-4-6-14;20-16-10-15-18(11-17(16)21)22-23-19(15)12-6-8-14(9-7-12)24-13-4-2-1-3-5-13;1-9-6-5-7-12(8-9)10(13)14-11(2,3)4;1-3(2)4-5;2*1-2;;;/h5-7,10-15,17-18,21H,8-9,16,19H2,1-3H3;2-11H,1H3;2-12H,(H,23,24);1-11H,(H,22,23);9H,5-8H2,1-4H3;5H,1-2H3;;;2*1H4;/q;;;;;;2*-1;;;+2. The van der Waals surface area contributed by atoms with Crippen LogP contribution in [0.2, 0.25) is 0 Å². The summed E-state index contributed by atoms with van der Waals surface area (Å²) >= 11 is 6.23. The van der Waals surface area contributed by atoms with Crippen LogP contribution >= 0.6 is 31.9 Å². The zero-order valence-corrected chi connectivity index (χ0v) is 82.2. The van der Waals surface area contributed by atoms with Crippen LogP contribution in [0.15, 0.2) is 275 Å². The second kappa shape index (κ2) is 52.3. The van der Waals surface area contributed by atoms with E-state index in [4.69, 9.17) is 75.5 Å². The average Bonchev–Trinajstić information content (AvgIpc) is 1.60. The number of fused-ring (bicyclic) bond motifs is 3. The molecule has 0 saturated carbocycles. The number of carbonyl (C=O) groups excluding carboxylic acids is 3. The fourth-order valence-electron chi connectivity index (χ4n) is 13.9. The minimum Gasteiger partial charge on any atom is -0.512 e. The molecule has 0 radical (unpaired) electrons. The summed E-state index contributed by atoms with van der Waals surface area (Å²) in [6.07, 6.45) is 3.35. The first-order chi connectivity index (χ1) is 64.8. The van der Waals surface area contributed by atoms with E-state index in [2.05, 4.69) is 74.0 Å². The van der Waals surface area contributed by atoms with Crippen molar-refractivity contribution in [2.45, 2.75) is 127 Å². The molecular formula is C107H102Br2F5N13O10Zn. The molecule has 2 fully saturated rings. The number of para-hydroxylation sites is 4. The van der Waals surface area contributed by atoms with Gasteiger partial charge in [-0.3, -0.25) is 19.7 Å². The average molecular weight is 2050 g/mol. The van der Waals surface area contributed by atoms with Crippen LogP contribution in [0.5, 0.6) is 46.0 Å². The first-order valence-electron chi connectivity index (χ1n) is 42.3. The predicted molar refractivity (Wildman–Crippen MR) is 529 cm³/mol. The molecule has 2 aliphatic heterocycles. The molecule has 31 heteroatoms. The molecule has 0 aliphatic carbocycles. The van der Waals surface area contributed by atoms with Gasteiger partial charge >= 0.3 is 31.7 Å². The Balaban J connectivity index is 0.000000234. The molecule has 17 rings (SSSR count). The van der Waals surface area contributed by atoms with Crippen LogP contribution in [0, 0.1) is 78.7 Å². The Bertz CT molecular complexity index is 6710. The summed E-state index contributed by atoms with van der Waals surface area (Å²) in [7, 11) is 0. The number of piperidine rings is 2. The molecule has 2 amide bonds. The van der Waals surface area contributed by atoms with Crippen LogP contribution in [0.3, 0.4) is 0 Å². The van der Waals surface area contributed by atoms with Gasteiger partial charge in [0.25, 0.3) is 0 Å². The zero-order valence-electron chi connectivity index (χ0n) is 76.0. The van der Waals surface area contributed by atoms with Crippen molar-refractivity contribution >= 4 is 99.6 Å². The van der Waals surface area contributed by atoms with Gasteiger partial charge in [-0.2, -0.15) is 15.3 Å². The number of aromatic nitrogens is 6. The molecule has 12 aromatic carbocycles. The largest absolute Gasteiger partial charge is 2.00 e. The molecule has 2 atom stereocenters. The molecule has 138 heavy (non-hydrogen) atoms. The van der Waals surface area contributed by atoms with Crippen LogP contribution in [0.25, 0.3) is 76.2 Å². The molecular weight excluding hydrogens is 1950 g/mol. The molecule has 3 aromatic heterocycles. The number of amides is 2. The number of rotatable bonds is 14. The fraction of sp³-hybridized carbons (Fsp3) is 0.224. The quantitative estimate of drug-likeness (QED) is 0.0133. The maximum absolute atomic E-state index is 14.8. The first kappa shape index (κ1) is 110. The van der Waals surface area contributed by atoms with Gasteiger partial charge < -0.3 is 67.1 Å². The van der Waals surface area contributed by atoms with Crippen LogP contribution in [0.4, 0.5) is 42.9 Å². The molecule has 0 spiro atoms. The Morgan fingerprint density at radius 3 is 1.22 bits per heavy atom. The molecule has 15 aromatic rings. The number of carbonyl (C=O) groups is 3. The number of benzene rings is 12. The van der Waals surface area contributed by atoms with E-state index in [0.29, 0.717) is 90.9 Å². The molecule has 23 nitrogen and oxygen atoms in total. The van der Waals surface area contributed by atoms with Crippen molar-refractivity contribution in [3.8, 4) is 79.8 Å². The van der Waals surface area contributed by atoms with Gasteiger partial charge in [0.1, 0.15) is 86.3 Å². The number of oxime groups is 1. The monoisotopic (exact) mass is 2050 g/mol. The number of ketones is 1. The van der Waals surface area contributed by atoms with Crippen molar-refractivity contribution < 1.29 is 89.4 Å². The molecule has 0 bridgehead atoms. The Morgan fingerprint density at radius 1 is 0.478 bits per heavy atom. The van der Waals surface area contributed by atoms with E-state index in [9.17, 15) is 36.3 Å². The van der Waals surface area contributed by atoms with Gasteiger partial charge in [0, 0.05) is 76.2 Å². The van der Waals surface area contributed by atoms with E-state index in [0.717, 1.165) is 89.2 Å². The van der Waals surface area contributed by atoms with Gasteiger partial charge in [-0.05, 0) is 308 Å². The minimum absolute atomic E-state index is 0. The molecule has 2 unspecified atom stereocenters. The predicted octanol–water partition coefficient (Wildman–Crippen LogP) is 30.4. The summed E-state index contributed by atoms with van der Waals surface area (Å²) in [6, 6.07) is 76.8. The third-order valence-corrected chi connectivity index (χ3v) is 21.4. The van der Waals surface area contributed by atoms with Gasteiger partial charge in [-0.25, -0.2) is 41.2 Å². The van der Waals surface area contributed by atoms with Gasteiger partial charge in [0.05, 0.1) is 73.0 Å². The van der Waals surface area contributed by atoms with Crippen LogP contribution < -0.4 is 18.9 Å². The van der Waals surface area contributed by atoms with E-state index < -0.39 is 34.7 Å². The van der Waals surface area contributed by atoms with E-state index >= 15 is 0 Å². The van der Waals surface area contributed by atoms with Gasteiger partial charge in [0.15, 0.2) is 5.78 Å². The third-order valence-electron chi connectivity index (χ3n) is 20.2. The molecule has 2 saturated heterocycles. The van der Waals surface area contributed by atoms with E-state index in [1.807, 2.05) is 241 Å². The van der Waals surface area contributed by atoms with Gasteiger partial charge in [-0.15, -0.1) is 0 Å². The molecule has 3 N–H and O–H groups in total. The number of ether oxygens (including phenoxy) is 6. The number of H-pyrrole nitrogens is 2. The van der Waals surface area contributed by atoms with Crippen molar-refractivity contribution in [3.63, 3.8) is 0 Å². The summed E-state index contributed by atoms with van der Waals surface area (Å²) in [6.45, 7) is 44.8. The summed E-state index contributed by atoms with van der Waals surface area (Å²) < 4.78 is 106. The Kier molecular flexibility index (Phi) is 41.7. The number of hydrogen-bond donors (Lipinski definition) is 3. The third kappa shape index (κ3) is 30.6. The van der Waals surface area contributed by atoms with Crippen LogP contribution in [-0.4, -0.2) is 106 Å². The second-order valence-electron chi connectivity index (χ2n) is 32.8. The number of halogens is 7. The van der Waals surface area contributed by atoms with Crippen LogP contribution in [0.1, 0.15) is 130 Å². The Hall–Kier alpha value is -14.9. The van der Waals surface area contributed by atoms with Crippen molar-refractivity contribution in [3.05, 3.63) is 352 Å². The number of likely N-dealkylation sites (tertiary alicyclic amines) is 2. The van der Waals surface area contributed by atoms with Crippen molar-refractivity contribution in [2.75, 3.05) is 26.2 Å². The maximum Gasteiger partial charge on any atom is 2.00 e. The van der Waals surface area contributed by atoms with E-state index in [-0.39, 0.29) is 96.5 Å². The number of nitrogens with one attached hydrogen (secondary N) is 2. The summed E-state index contributed by atoms with van der Waals surface area (Å²) in [5.41, 5.74) is 6.07. The summed E-state index contributed by atoms with van der Waals surface area (Å²) in [4.78, 5) is 47.0. The van der Waals surface area contributed by atoms with E-state index in [1.54, 1.807) is 59.8 Å². The Morgan fingerprint density at radius 2 is 0.833 bits per heavy atom. The van der Waals surface area contributed by atoms with Crippen LogP contribution in [-0.2, 0) is 29.0 Å². The van der Waals surface area contributed by atoms with Crippen molar-refractivity contribution in [2.24, 2.45) is 11.1 Å².